The third-order valence-corrected chi connectivity index (χ3v) is 2.03. The van der Waals surface area contributed by atoms with Crippen LogP contribution in [-0.4, -0.2) is 10.8 Å². The number of pyridine rings is 1. The van der Waals surface area contributed by atoms with Crippen LogP contribution in [0.5, 0.6) is 11.6 Å². The van der Waals surface area contributed by atoms with E-state index in [1.54, 1.807) is 36.5 Å². The minimum atomic E-state index is 0.0457. The van der Waals surface area contributed by atoms with E-state index in [-0.39, 0.29) is 5.84 Å². The molecule has 0 spiro atoms. The van der Waals surface area contributed by atoms with Crippen molar-refractivity contribution in [1.82, 2.24) is 4.98 Å². The smallest absolute Gasteiger partial charge is 0.219 e. The highest BCUT2D eigenvalue weighted by Crippen LogP contribution is 2.18. The van der Waals surface area contributed by atoms with Gasteiger partial charge in [0.2, 0.25) is 5.88 Å². The van der Waals surface area contributed by atoms with Crippen LogP contribution in [0.1, 0.15) is 5.56 Å². The minimum absolute atomic E-state index is 0.0457. The van der Waals surface area contributed by atoms with Gasteiger partial charge in [0.05, 0.1) is 0 Å². The lowest BCUT2D eigenvalue weighted by atomic mass is 10.2. The SMILES string of the molecule is N=C(N)c1ccc(Oc2ccccn2)cc1. The summed E-state index contributed by atoms with van der Waals surface area (Å²) in [6.07, 6.45) is 1.67. The van der Waals surface area contributed by atoms with Gasteiger partial charge in [-0.25, -0.2) is 4.98 Å². The Labute approximate surface area is 93.2 Å². The topological polar surface area (TPSA) is 72.0 Å². The molecule has 0 amide bonds. The molecular formula is C12H11N3O. The molecule has 80 valence electrons. The van der Waals surface area contributed by atoms with E-state index in [4.69, 9.17) is 15.9 Å². The van der Waals surface area contributed by atoms with Gasteiger partial charge in [-0.05, 0) is 30.3 Å². The van der Waals surface area contributed by atoms with Gasteiger partial charge in [0.25, 0.3) is 0 Å². The molecule has 0 radical (unpaired) electrons. The number of benzene rings is 1. The van der Waals surface area contributed by atoms with Crippen molar-refractivity contribution in [3.8, 4) is 11.6 Å². The monoisotopic (exact) mass is 213 g/mol. The number of hydrogen-bond acceptors (Lipinski definition) is 3. The molecule has 3 N–H and O–H groups in total. The lowest BCUT2D eigenvalue weighted by Gasteiger charge is -2.04. The summed E-state index contributed by atoms with van der Waals surface area (Å²) in [6.45, 7) is 0. The Morgan fingerprint density at radius 1 is 1.12 bits per heavy atom. The second kappa shape index (κ2) is 4.44. The molecule has 4 heteroatoms. The summed E-state index contributed by atoms with van der Waals surface area (Å²) in [7, 11) is 0. The Hall–Kier alpha value is -2.36. The Morgan fingerprint density at radius 3 is 2.44 bits per heavy atom. The zero-order valence-electron chi connectivity index (χ0n) is 8.55. The van der Waals surface area contributed by atoms with Gasteiger partial charge in [-0.15, -0.1) is 0 Å². The quantitative estimate of drug-likeness (QED) is 0.606. The molecule has 0 aliphatic heterocycles. The van der Waals surface area contributed by atoms with E-state index >= 15 is 0 Å². The molecule has 0 aliphatic carbocycles. The molecular weight excluding hydrogens is 202 g/mol. The summed E-state index contributed by atoms with van der Waals surface area (Å²) in [6, 6.07) is 12.4. The van der Waals surface area contributed by atoms with Gasteiger partial charge >= 0.3 is 0 Å². The first-order valence-corrected chi connectivity index (χ1v) is 4.79. The van der Waals surface area contributed by atoms with E-state index in [9.17, 15) is 0 Å². The number of ether oxygens (including phenoxy) is 1. The number of nitrogens with zero attached hydrogens (tertiary/aromatic N) is 1. The maximum Gasteiger partial charge on any atom is 0.219 e. The molecule has 1 aromatic heterocycles. The number of hydrogen-bond donors (Lipinski definition) is 2. The van der Waals surface area contributed by atoms with Crippen LogP contribution >= 0.6 is 0 Å². The fourth-order valence-electron chi connectivity index (χ4n) is 1.23. The summed E-state index contributed by atoms with van der Waals surface area (Å²) < 4.78 is 5.49. The fourth-order valence-corrected chi connectivity index (χ4v) is 1.23. The molecule has 1 aromatic carbocycles. The van der Waals surface area contributed by atoms with Crippen molar-refractivity contribution < 1.29 is 4.74 Å². The van der Waals surface area contributed by atoms with E-state index in [0.29, 0.717) is 17.2 Å². The van der Waals surface area contributed by atoms with Gasteiger partial charge in [0, 0.05) is 17.8 Å². The van der Waals surface area contributed by atoms with Crippen LogP contribution < -0.4 is 10.5 Å². The van der Waals surface area contributed by atoms with Crippen molar-refractivity contribution in [3.63, 3.8) is 0 Å². The third-order valence-electron chi connectivity index (χ3n) is 2.03. The molecule has 2 rings (SSSR count). The first-order valence-electron chi connectivity index (χ1n) is 4.79. The second-order valence-corrected chi connectivity index (χ2v) is 3.21. The van der Waals surface area contributed by atoms with Gasteiger partial charge in [0.1, 0.15) is 11.6 Å². The molecule has 0 fully saturated rings. The second-order valence-electron chi connectivity index (χ2n) is 3.21. The molecule has 0 atom stereocenters. The highest BCUT2D eigenvalue weighted by Gasteiger charge is 1.99. The van der Waals surface area contributed by atoms with Crippen LogP contribution in [0.25, 0.3) is 0 Å². The Morgan fingerprint density at radius 2 is 1.88 bits per heavy atom. The molecule has 1 heterocycles. The minimum Gasteiger partial charge on any atom is -0.439 e. The largest absolute Gasteiger partial charge is 0.439 e. The lowest BCUT2D eigenvalue weighted by Crippen LogP contribution is -2.10. The van der Waals surface area contributed by atoms with Crippen molar-refractivity contribution in [2.45, 2.75) is 0 Å². The normalized spacial score (nSPS) is 9.75. The van der Waals surface area contributed by atoms with Crippen LogP contribution in [0, 0.1) is 5.41 Å². The van der Waals surface area contributed by atoms with Gasteiger partial charge in [-0.1, -0.05) is 6.07 Å². The molecule has 0 aliphatic rings. The van der Waals surface area contributed by atoms with Gasteiger partial charge in [-0.3, -0.25) is 5.41 Å². The van der Waals surface area contributed by atoms with Crippen LogP contribution in [0.3, 0.4) is 0 Å². The zero-order valence-corrected chi connectivity index (χ0v) is 8.55. The van der Waals surface area contributed by atoms with Crippen LogP contribution in [0.4, 0.5) is 0 Å². The van der Waals surface area contributed by atoms with Crippen LogP contribution in [-0.2, 0) is 0 Å². The Bertz CT molecular complexity index is 479. The Kier molecular flexibility index (Phi) is 2.82. The molecule has 0 bridgehead atoms. The summed E-state index contributed by atoms with van der Waals surface area (Å²) in [5, 5.41) is 7.25. The lowest BCUT2D eigenvalue weighted by molar-refractivity contribution is 0.463. The number of nitrogens with one attached hydrogen (secondary N) is 1. The van der Waals surface area contributed by atoms with Crippen molar-refractivity contribution in [3.05, 3.63) is 54.2 Å². The average Bonchev–Trinajstić information content (AvgIpc) is 2.31. The average molecular weight is 213 g/mol. The molecule has 0 unspecified atom stereocenters. The van der Waals surface area contributed by atoms with Gasteiger partial charge in [0.15, 0.2) is 0 Å². The Balaban J connectivity index is 2.14. The van der Waals surface area contributed by atoms with Crippen molar-refractivity contribution in [2.75, 3.05) is 0 Å². The van der Waals surface area contributed by atoms with E-state index in [2.05, 4.69) is 4.98 Å². The van der Waals surface area contributed by atoms with E-state index in [0.717, 1.165) is 0 Å². The highest BCUT2D eigenvalue weighted by molar-refractivity contribution is 5.94. The number of rotatable bonds is 3. The highest BCUT2D eigenvalue weighted by atomic mass is 16.5. The van der Waals surface area contributed by atoms with Crippen LogP contribution in [0.2, 0.25) is 0 Å². The number of aromatic nitrogens is 1. The number of amidine groups is 1. The summed E-state index contributed by atoms with van der Waals surface area (Å²) in [5.74, 6) is 1.26. The maximum atomic E-state index is 7.25. The first kappa shape index (κ1) is 10.2. The molecule has 4 nitrogen and oxygen atoms in total. The van der Waals surface area contributed by atoms with Gasteiger partial charge < -0.3 is 10.5 Å². The zero-order chi connectivity index (χ0) is 11.4. The fraction of sp³-hybridized carbons (Fsp3) is 0. The third kappa shape index (κ3) is 2.36. The molecule has 16 heavy (non-hydrogen) atoms. The first-order chi connectivity index (χ1) is 7.75. The van der Waals surface area contributed by atoms with Crippen molar-refractivity contribution >= 4 is 5.84 Å². The molecule has 2 aromatic rings. The summed E-state index contributed by atoms with van der Waals surface area (Å²) in [5.41, 5.74) is 6.02. The summed E-state index contributed by atoms with van der Waals surface area (Å²) >= 11 is 0. The van der Waals surface area contributed by atoms with Gasteiger partial charge in [-0.2, -0.15) is 0 Å². The standard InChI is InChI=1S/C12H11N3O/c13-12(14)9-4-6-10(7-5-9)16-11-3-1-2-8-15-11/h1-8H,(H3,13,14). The predicted octanol–water partition coefficient (Wildman–Crippen LogP) is 2.16. The van der Waals surface area contributed by atoms with Crippen molar-refractivity contribution in [1.29, 1.82) is 5.41 Å². The summed E-state index contributed by atoms with van der Waals surface area (Å²) in [4.78, 5) is 4.04. The number of nitrogen functional groups attached to an aromatic ring is 1. The van der Waals surface area contributed by atoms with Crippen molar-refractivity contribution in [2.24, 2.45) is 5.73 Å². The van der Waals surface area contributed by atoms with E-state index in [1.165, 1.54) is 0 Å². The van der Waals surface area contributed by atoms with Crippen LogP contribution in [0.15, 0.2) is 48.7 Å². The number of nitrogens with two attached hydrogens (primary N) is 1. The maximum absolute atomic E-state index is 7.25. The van der Waals surface area contributed by atoms with E-state index < -0.39 is 0 Å². The molecule has 0 saturated carbocycles. The van der Waals surface area contributed by atoms with E-state index in [1.807, 2.05) is 12.1 Å². The predicted molar refractivity (Wildman–Crippen MR) is 61.8 cm³/mol. The molecule has 0 saturated heterocycles.